The molecule has 0 radical (unpaired) electrons. The van der Waals surface area contributed by atoms with Gasteiger partial charge in [0.2, 0.25) is 27.7 Å². The molecule has 0 fully saturated rings. The number of rotatable bonds is 15. The van der Waals surface area contributed by atoms with Crippen LogP contribution in [-0.4, -0.2) is 59.9 Å². The van der Waals surface area contributed by atoms with Gasteiger partial charge in [0.15, 0.2) is 0 Å². The SMILES string of the molecule is CCCS(=O)(=O)NC(Cc1c[nH]c2ccc(O)cc12)C(=O)NC(CCC(N)=O)C(=O)NCc1ccc(C(=N)N)cc1. The highest BCUT2D eigenvalue weighted by Crippen LogP contribution is 2.24. The van der Waals surface area contributed by atoms with Crippen molar-refractivity contribution >= 4 is 44.5 Å². The Balaban J connectivity index is 1.81. The Kier molecular flexibility index (Phi) is 10.4. The lowest BCUT2D eigenvalue weighted by molar-refractivity contribution is -0.130. The summed E-state index contributed by atoms with van der Waals surface area (Å²) in [5, 5.41) is 23.3. The number of H-pyrrole nitrogens is 1. The van der Waals surface area contributed by atoms with Crippen molar-refractivity contribution in [1.82, 2.24) is 20.3 Å². The minimum Gasteiger partial charge on any atom is -0.508 e. The Morgan fingerprint density at radius 3 is 2.39 bits per heavy atom. The van der Waals surface area contributed by atoms with Crippen LogP contribution in [0.15, 0.2) is 48.7 Å². The minimum absolute atomic E-state index is 0.00466. The number of hydrogen-bond donors (Lipinski definition) is 8. The third kappa shape index (κ3) is 9.05. The molecule has 2 unspecified atom stereocenters. The first-order chi connectivity index (χ1) is 19.4. The molecular weight excluding hydrogens is 550 g/mol. The van der Waals surface area contributed by atoms with Crippen LogP contribution in [0.4, 0.5) is 0 Å². The zero-order valence-electron chi connectivity index (χ0n) is 22.6. The maximum absolute atomic E-state index is 13.5. The van der Waals surface area contributed by atoms with E-state index in [9.17, 15) is 27.9 Å². The van der Waals surface area contributed by atoms with Crippen molar-refractivity contribution in [2.75, 3.05) is 5.75 Å². The molecule has 2 atom stereocenters. The first kappa shape index (κ1) is 31.1. The molecule has 0 aliphatic carbocycles. The number of amidine groups is 1. The van der Waals surface area contributed by atoms with Gasteiger partial charge in [-0.25, -0.2) is 13.1 Å². The fourth-order valence-electron chi connectivity index (χ4n) is 4.23. The number of sulfonamides is 1. The lowest BCUT2D eigenvalue weighted by atomic mass is 10.0. The summed E-state index contributed by atoms with van der Waals surface area (Å²) in [4.78, 5) is 41.0. The van der Waals surface area contributed by atoms with Crippen molar-refractivity contribution in [2.45, 2.75) is 51.2 Å². The third-order valence-electron chi connectivity index (χ3n) is 6.33. The Labute approximate surface area is 237 Å². The predicted octanol–water partition coefficient (Wildman–Crippen LogP) is 0.465. The number of benzene rings is 2. The van der Waals surface area contributed by atoms with Crippen molar-refractivity contribution in [2.24, 2.45) is 11.5 Å². The molecule has 10 N–H and O–H groups in total. The van der Waals surface area contributed by atoms with E-state index >= 15 is 0 Å². The van der Waals surface area contributed by atoms with Gasteiger partial charge in [-0.3, -0.25) is 19.8 Å². The standard InChI is InChI=1S/C27H35N7O6S/c1-2-11-41(39,40)34-23(12-18-15-31-21-8-7-19(35)13-20(18)21)27(38)33-22(9-10-24(28)36)26(37)32-14-16-3-5-17(6-4-16)25(29)30/h3-8,13,15,22-23,31,34-35H,2,9-12,14H2,1H3,(H2,28,36)(H3,29,30)(H,32,37)(H,33,38). The number of amides is 3. The van der Waals surface area contributed by atoms with Gasteiger partial charge in [0.1, 0.15) is 23.7 Å². The van der Waals surface area contributed by atoms with Crippen LogP contribution >= 0.6 is 0 Å². The van der Waals surface area contributed by atoms with Crippen molar-refractivity contribution in [3.8, 4) is 5.75 Å². The molecule has 0 spiro atoms. The quantitative estimate of drug-likeness (QED) is 0.0926. The molecule has 14 heteroatoms. The minimum atomic E-state index is -3.85. The number of carbonyl (C=O) groups is 3. The summed E-state index contributed by atoms with van der Waals surface area (Å²) in [6.07, 6.45) is 1.56. The van der Waals surface area contributed by atoms with Crippen LogP contribution in [-0.2, 0) is 37.4 Å². The van der Waals surface area contributed by atoms with E-state index in [0.717, 1.165) is 0 Å². The van der Waals surface area contributed by atoms with Gasteiger partial charge in [0.25, 0.3) is 0 Å². The number of nitrogens with two attached hydrogens (primary N) is 2. The van der Waals surface area contributed by atoms with Gasteiger partial charge in [0, 0.05) is 35.6 Å². The van der Waals surface area contributed by atoms with E-state index in [4.69, 9.17) is 16.9 Å². The smallest absolute Gasteiger partial charge is 0.242 e. The van der Waals surface area contributed by atoms with E-state index in [-0.39, 0.29) is 43.1 Å². The highest BCUT2D eigenvalue weighted by atomic mass is 32.2. The molecule has 220 valence electrons. The summed E-state index contributed by atoms with van der Waals surface area (Å²) in [5.41, 5.74) is 13.2. The summed E-state index contributed by atoms with van der Waals surface area (Å²) in [6.45, 7) is 1.78. The zero-order valence-corrected chi connectivity index (χ0v) is 23.4. The van der Waals surface area contributed by atoms with Crippen molar-refractivity contribution in [3.63, 3.8) is 0 Å². The number of phenolic OH excluding ortho intramolecular Hbond substituents is 1. The molecule has 0 saturated heterocycles. The van der Waals surface area contributed by atoms with Crippen LogP contribution in [0.3, 0.4) is 0 Å². The van der Waals surface area contributed by atoms with E-state index in [1.54, 1.807) is 43.5 Å². The number of primary amides is 1. The van der Waals surface area contributed by atoms with Crippen molar-refractivity contribution in [3.05, 3.63) is 65.4 Å². The normalized spacial score (nSPS) is 12.9. The predicted molar refractivity (Wildman–Crippen MR) is 154 cm³/mol. The number of hydrogen-bond acceptors (Lipinski definition) is 7. The molecular formula is C27H35N7O6S. The fourth-order valence-corrected chi connectivity index (χ4v) is 5.51. The number of nitrogen functional groups attached to an aromatic ring is 1. The largest absolute Gasteiger partial charge is 0.508 e. The monoisotopic (exact) mass is 585 g/mol. The van der Waals surface area contributed by atoms with Gasteiger partial charge in [0.05, 0.1) is 5.75 Å². The number of nitrogens with one attached hydrogen (secondary N) is 5. The Morgan fingerprint density at radius 2 is 1.76 bits per heavy atom. The molecule has 1 aromatic heterocycles. The lowest BCUT2D eigenvalue weighted by Gasteiger charge is -2.23. The summed E-state index contributed by atoms with van der Waals surface area (Å²) in [7, 11) is -3.85. The molecule has 3 aromatic rings. The van der Waals surface area contributed by atoms with Crippen LogP contribution in [0.5, 0.6) is 5.75 Å². The van der Waals surface area contributed by atoms with E-state index < -0.39 is 39.8 Å². The second kappa shape index (κ2) is 13.8. The van der Waals surface area contributed by atoms with E-state index in [1.165, 1.54) is 12.1 Å². The number of aromatic amines is 1. The average Bonchev–Trinajstić information content (AvgIpc) is 3.30. The van der Waals surface area contributed by atoms with Crippen molar-refractivity contribution < 1.29 is 27.9 Å². The molecule has 0 aliphatic rings. The van der Waals surface area contributed by atoms with E-state index in [0.29, 0.717) is 34.0 Å². The summed E-state index contributed by atoms with van der Waals surface area (Å²) < 4.78 is 27.7. The molecule has 1 heterocycles. The second-order valence-corrected chi connectivity index (χ2v) is 11.5. The van der Waals surface area contributed by atoms with Gasteiger partial charge < -0.3 is 32.2 Å². The van der Waals surface area contributed by atoms with Gasteiger partial charge in [-0.2, -0.15) is 0 Å². The highest BCUT2D eigenvalue weighted by Gasteiger charge is 2.29. The molecule has 0 aliphatic heterocycles. The van der Waals surface area contributed by atoms with Gasteiger partial charge in [-0.15, -0.1) is 0 Å². The molecule has 3 rings (SSSR count). The molecule has 41 heavy (non-hydrogen) atoms. The maximum atomic E-state index is 13.5. The fraction of sp³-hybridized carbons (Fsp3) is 0.333. The Hall–Kier alpha value is -4.43. The topological polar surface area (TPSA) is 233 Å². The molecule has 2 aromatic carbocycles. The first-order valence-electron chi connectivity index (χ1n) is 13.0. The maximum Gasteiger partial charge on any atom is 0.242 e. The van der Waals surface area contributed by atoms with Crippen molar-refractivity contribution in [1.29, 1.82) is 5.41 Å². The van der Waals surface area contributed by atoms with E-state index in [2.05, 4.69) is 20.3 Å². The first-order valence-corrected chi connectivity index (χ1v) is 14.6. The summed E-state index contributed by atoms with van der Waals surface area (Å²) in [6, 6.07) is 8.81. The number of aromatic hydroxyl groups is 1. The lowest BCUT2D eigenvalue weighted by Crippen LogP contribution is -2.54. The molecule has 0 saturated carbocycles. The summed E-state index contributed by atoms with van der Waals surface area (Å²) in [5.74, 6) is -2.33. The van der Waals surface area contributed by atoms with Crippen LogP contribution in [0.25, 0.3) is 10.9 Å². The Morgan fingerprint density at radius 1 is 1.05 bits per heavy atom. The molecule has 0 bridgehead atoms. The number of fused-ring (bicyclic) bond motifs is 1. The number of aromatic nitrogens is 1. The number of phenols is 1. The van der Waals surface area contributed by atoms with E-state index in [1.807, 2.05) is 0 Å². The van der Waals surface area contributed by atoms with Crippen LogP contribution in [0.1, 0.15) is 42.9 Å². The van der Waals surface area contributed by atoms with Crippen LogP contribution in [0.2, 0.25) is 0 Å². The van der Waals surface area contributed by atoms with Crippen LogP contribution in [0, 0.1) is 5.41 Å². The Bertz CT molecular complexity index is 1520. The molecule has 13 nitrogen and oxygen atoms in total. The average molecular weight is 586 g/mol. The second-order valence-electron chi connectivity index (χ2n) is 9.63. The van der Waals surface area contributed by atoms with Gasteiger partial charge >= 0.3 is 0 Å². The highest BCUT2D eigenvalue weighted by molar-refractivity contribution is 7.89. The van der Waals surface area contributed by atoms with Crippen LogP contribution < -0.4 is 26.8 Å². The third-order valence-corrected chi connectivity index (χ3v) is 7.92. The summed E-state index contributed by atoms with van der Waals surface area (Å²) >= 11 is 0. The van der Waals surface area contributed by atoms with Gasteiger partial charge in [-0.05, 0) is 48.6 Å². The molecule has 3 amide bonds. The number of carbonyl (C=O) groups excluding carboxylic acids is 3. The van der Waals surface area contributed by atoms with Gasteiger partial charge in [-0.1, -0.05) is 31.2 Å². The zero-order chi connectivity index (χ0) is 30.2.